The Bertz CT molecular complexity index is 1700. The summed E-state index contributed by atoms with van der Waals surface area (Å²) in [4.78, 5) is 82.7. The third-order valence-electron chi connectivity index (χ3n) is 5.77. The highest BCUT2D eigenvalue weighted by molar-refractivity contribution is 7.84. The molecular weight excluding hydrogens is 642 g/mol. The number of ether oxygens (including phenoxy) is 2. The second-order valence-electron chi connectivity index (χ2n) is 9.67. The molecule has 1 saturated heterocycles. The number of nitrogens with two attached hydrogens (primary N) is 1. The van der Waals surface area contributed by atoms with E-state index in [0.29, 0.717) is 0 Å². The number of amides is 4. The fourth-order valence-electron chi connectivity index (χ4n) is 3.57. The maximum absolute atomic E-state index is 13.0. The number of benzene rings is 1. The Hall–Kier alpha value is -5.15. The molecule has 1 aromatic heterocycles. The van der Waals surface area contributed by atoms with Gasteiger partial charge in [0.15, 0.2) is 22.3 Å². The molecule has 0 spiro atoms. The summed E-state index contributed by atoms with van der Waals surface area (Å²) < 4.78 is 42.0. The second kappa shape index (κ2) is 13.2. The highest BCUT2D eigenvalue weighted by atomic mass is 32.2. The van der Waals surface area contributed by atoms with Crippen molar-refractivity contribution in [2.45, 2.75) is 52.3 Å². The fourth-order valence-corrected chi connectivity index (χ4v) is 5.01. The first kappa shape index (κ1) is 34.3. The maximum atomic E-state index is 13.0. The number of rotatable bonds is 10. The number of carbonyl (C=O) groups is 6. The maximum Gasteiger partial charge on any atom is 0.362 e. The summed E-state index contributed by atoms with van der Waals surface area (Å²) in [5.74, 6) is -5.80. The number of nitrogen functional groups attached to an aromatic ring is 1. The lowest BCUT2D eigenvalue weighted by Crippen LogP contribution is -2.71. The Labute approximate surface area is 258 Å². The van der Waals surface area contributed by atoms with E-state index in [2.05, 4.69) is 26.3 Å². The third-order valence-corrected chi connectivity index (χ3v) is 7.45. The Morgan fingerprint density at radius 2 is 1.71 bits per heavy atom. The van der Waals surface area contributed by atoms with Crippen molar-refractivity contribution in [3.63, 3.8) is 0 Å². The van der Waals surface area contributed by atoms with Crippen LogP contribution in [0.4, 0.5) is 5.13 Å². The molecule has 2 atom stereocenters. The van der Waals surface area contributed by atoms with E-state index in [4.69, 9.17) is 20.0 Å². The number of hydrazine groups is 1. The molecule has 21 heteroatoms. The van der Waals surface area contributed by atoms with E-state index in [1.54, 1.807) is 0 Å². The minimum absolute atomic E-state index is 0.0357. The van der Waals surface area contributed by atoms with Crippen LogP contribution in [0, 0.1) is 0 Å². The van der Waals surface area contributed by atoms with E-state index < -0.39 is 69.3 Å². The Morgan fingerprint density at radius 3 is 2.24 bits per heavy atom. The number of nitrogens with zero attached hydrogens (tertiary/aromatic N) is 3. The van der Waals surface area contributed by atoms with Gasteiger partial charge >= 0.3 is 22.2 Å². The molecule has 19 nitrogen and oxygen atoms in total. The van der Waals surface area contributed by atoms with Crippen LogP contribution in [0.2, 0.25) is 0 Å². The molecule has 3 rings (SSSR count). The van der Waals surface area contributed by atoms with Crippen molar-refractivity contribution < 1.29 is 56.0 Å². The number of hydrogen-bond acceptors (Lipinski definition) is 15. The number of oxime groups is 1. The van der Waals surface area contributed by atoms with Crippen LogP contribution in [0.25, 0.3) is 0 Å². The van der Waals surface area contributed by atoms with Gasteiger partial charge in [-0.2, -0.15) is 8.42 Å². The lowest BCUT2D eigenvalue weighted by molar-refractivity contribution is -0.144. The normalized spacial score (nSPS) is 16.6. The van der Waals surface area contributed by atoms with Crippen LogP contribution >= 0.6 is 11.3 Å². The van der Waals surface area contributed by atoms with E-state index >= 15 is 0 Å². The van der Waals surface area contributed by atoms with Crippen molar-refractivity contribution in [2.75, 3.05) is 5.73 Å². The summed E-state index contributed by atoms with van der Waals surface area (Å²) in [7, 11) is -4.85. The molecule has 0 aliphatic carbocycles. The molecule has 45 heavy (non-hydrogen) atoms. The first-order chi connectivity index (χ1) is 20.8. The summed E-state index contributed by atoms with van der Waals surface area (Å²) in [6.07, 6.45) is 0. The van der Waals surface area contributed by atoms with Crippen LogP contribution in [0.1, 0.15) is 50.7 Å². The first-order valence-electron chi connectivity index (χ1n) is 12.5. The van der Waals surface area contributed by atoms with E-state index in [-0.39, 0.29) is 32.2 Å². The molecule has 1 aliphatic rings. The molecule has 6 N–H and O–H groups in total. The zero-order valence-corrected chi connectivity index (χ0v) is 25.8. The average molecular weight is 670 g/mol. The minimum atomic E-state index is -4.85. The van der Waals surface area contributed by atoms with Gasteiger partial charge in [-0.3, -0.25) is 44.2 Å². The van der Waals surface area contributed by atoms with E-state index in [1.165, 1.54) is 38.3 Å². The van der Waals surface area contributed by atoms with E-state index in [1.807, 2.05) is 0 Å². The van der Waals surface area contributed by atoms with Crippen molar-refractivity contribution in [1.82, 2.24) is 25.5 Å². The largest absolute Gasteiger partial charge is 0.423 e. The van der Waals surface area contributed by atoms with Gasteiger partial charge in [0.05, 0.1) is 6.04 Å². The van der Waals surface area contributed by atoms with Gasteiger partial charge in [0, 0.05) is 24.8 Å². The van der Waals surface area contributed by atoms with Gasteiger partial charge in [-0.1, -0.05) is 5.16 Å². The number of hydrogen-bond donors (Lipinski definition) is 5. The summed E-state index contributed by atoms with van der Waals surface area (Å²) >= 11 is 0.934. The zero-order chi connectivity index (χ0) is 33.9. The number of anilines is 1. The number of β-lactam (4-membered cyclic amide) rings is 1. The highest BCUT2D eigenvalue weighted by Gasteiger charge is 2.51. The van der Waals surface area contributed by atoms with Gasteiger partial charge < -0.3 is 25.4 Å². The van der Waals surface area contributed by atoms with Crippen LogP contribution in [0.5, 0.6) is 11.5 Å². The van der Waals surface area contributed by atoms with Gasteiger partial charge in [0.2, 0.25) is 5.60 Å². The Morgan fingerprint density at radius 1 is 1.09 bits per heavy atom. The van der Waals surface area contributed by atoms with Crippen molar-refractivity contribution in [1.29, 1.82) is 0 Å². The predicted molar refractivity (Wildman–Crippen MR) is 153 cm³/mol. The van der Waals surface area contributed by atoms with Crippen molar-refractivity contribution >= 4 is 68.1 Å². The summed E-state index contributed by atoms with van der Waals surface area (Å²) in [6.45, 7) is 5.95. The van der Waals surface area contributed by atoms with Crippen LogP contribution < -0.4 is 31.4 Å². The molecule has 1 aliphatic heterocycles. The lowest BCUT2D eigenvalue weighted by Gasteiger charge is -2.42. The predicted octanol–water partition coefficient (Wildman–Crippen LogP) is -0.945. The third kappa shape index (κ3) is 8.27. The fraction of sp³-hybridized carbons (Fsp3) is 0.333. The van der Waals surface area contributed by atoms with Gasteiger partial charge in [-0.15, -0.1) is 11.3 Å². The first-order valence-corrected chi connectivity index (χ1v) is 14.8. The molecule has 0 bridgehead atoms. The van der Waals surface area contributed by atoms with Crippen LogP contribution in [0.15, 0.2) is 28.7 Å². The molecule has 0 saturated carbocycles. The van der Waals surface area contributed by atoms with Gasteiger partial charge in [-0.05, 0) is 39.0 Å². The number of thiazole rings is 1. The average Bonchev–Trinajstić information content (AvgIpc) is 3.35. The highest BCUT2D eigenvalue weighted by Crippen LogP contribution is 2.29. The molecular formula is C24H27N7O12S2. The quantitative estimate of drug-likeness (QED) is 0.0510. The van der Waals surface area contributed by atoms with Gasteiger partial charge in [-0.25, -0.2) is 9.29 Å². The van der Waals surface area contributed by atoms with Crippen molar-refractivity contribution in [2.24, 2.45) is 5.16 Å². The lowest BCUT2D eigenvalue weighted by atomic mass is 10.0. The molecule has 242 valence electrons. The molecule has 0 unspecified atom stereocenters. The van der Waals surface area contributed by atoms with Gasteiger partial charge in [0.25, 0.3) is 23.6 Å². The minimum Gasteiger partial charge on any atom is -0.423 e. The Kier molecular flexibility index (Phi) is 10.1. The van der Waals surface area contributed by atoms with Crippen LogP contribution in [-0.2, 0) is 39.1 Å². The molecule has 1 fully saturated rings. The second-order valence-corrected chi connectivity index (χ2v) is 11.9. The number of nitrogens with one attached hydrogen (secondary N) is 3. The SMILES string of the molecule is CC(=O)Oc1ccc(C(=O)NNC(=O)C(C)(C)O/N=C(\C(=O)N[C@@H]2C(=O)N(S(=O)(=O)O)[C@H]2C)c2csc(N)n2)cc1OC(C)=O. The standard InChI is InChI=1S/C24H27N7O12S2/c1-10-17(21(36)31(10)45(38,39)40)27-20(35)18(14-9-44-23(25)26-14)30-43-24(4,5)22(37)29-28-19(34)13-6-7-15(41-11(2)32)16(8-13)42-12(3)33/h6-10,17H,1-5H3,(H2,25,26)(H,27,35)(H,28,34)(H,29,37)(H,38,39,40)/b30-18-/t10-,17-/m0/s1. The molecule has 0 radical (unpaired) electrons. The van der Waals surface area contributed by atoms with Crippen LogP contribution in [0.3, 0.4) is 0 Å². The van der Waals surface area contributed by atoms with E-state index in [0.717, 1.165) is 31.3 Å². The van der Waals surface area contributed by atoms with E-state index in [9.17, 15) is 41.7 Å². The zero-order valence-electron chi connectivity index (χ0n) is 24.1. The van der Waals surface area contributed by atoms with Gasteiger partial charge in [0.1, 0.15) is 11.7 Å². The van der Waals surface area contributed by atoms with Crippen molar-refractivity contribution in [3.8, 4) is 11.5 Å². The summed E-state index contributed by atoms with van der Waals surface area (Å²) in [5, 5.41) is 7.36. The van der Waals surface area contributed by atoms with Crippen LogP contribution in [-0.4, -0.2) is 81.2 Å². The number of carbonyl (C=O) groups excluding carboxylic acids is 6. The topological polar surface area (TPSA) is 275 Å². The number of esters is 2. The summed E-state index contributed by atoms with van der Waals surface area (Å²) in [5.41, 5.74) is 7.28. The molecule has 4 amide bonds. The number of aromatic nitrogens is 1. The molecule has 2 aromatic rings. The Balaban J connectivity index is 1.72. The molecule has 1 aromatic carbocycles. The van der Waals surface area contributed by atoms with Crippen molar-refractivity contribution in [3.05, 3.63) is 34.8 Å². The molecule has 2 heterocycles. The summed E-state index contributed by atoms with van der Waals surface area (Å²) in [6, 6.07) is 1.05. The monoisotopic (exact) mass is 669 g/mol. The smallest absolute Gasteiger partial charge is 0.362 e.